The van der Waals surface area contributed by atoms with Crippen LogP contribution in [0.4, 0.5) is 52.2 Å². The van der Waals surface area contributed by atoms with Crippen molar-refractivity contribution in [2.24, 2.45) is 0 Å². The first-order chi connectivity index (χ1) is 64.0. The summed E-state index contributed by atoms with van der Waals surface area (Å²) in [7, 11) is 0. The fourth-order valence-electron chi connectivity index (χ4n) is 16.4. The molecule has 3 fully saturated rings. The van der Waals surface area contributed by atoms with Crippen molar-refractivity contribution in [3.63, 3.8) is 0 Å². The van der Waals surface area contributed by atoms with Crippen LogP contribution in [0.5, 0.6) is 17.2 Å². The second-order valence-corrected chi connectivity index (χ2v) is 34.8. The minimum Gasteiger partial charge on any atom is -0.504 e. The Morgan fingerprint density at radius 2 is 0.622 bits per heavy atom. The summed E-state index contributed by atoms with van der Waals surface area (Å²) < 4.78 is 121. The molecular weight excluding hydrogens is 1910 g/mol. The molecule has 12 aromatic rings. The molecule has 3 aliphatic rings. The first kappa shape index (κ1) is 99.0. The molecule has 42 heteroatoms. The zero-order valence-corrected chi connectivity index (χ0v) is 78.1. The zero-order valence-electron chi connectivity index (χ0n) is 72.8. The molecule has 0 spiro atoms. The van der Waals surface area contributed by atoms with E-state index in [4.69, 9.17) is 81.2 Å². The highest BCUT2D eigenvalue weighted by Crippen LogP contribution is 2.50. The number of hydrogen-bond donors (Lipinski definition) is 3. The smallest absolute Gasteiger partial charge is 0.276 e. The number of pyridine rings is 9. The molecule has 135 heavy (non-hydrogen) atoms. The van der Waals surface area contributed by atoms with Crippen molar-refractivity contribution in [3.8, 4) is 86.3 Å². The summed E-state index contributed by atoms with van der Waals surface area (Å²) in [5.41, 5.74) is -2.07. The lowest BCUT2D eigenvalue weighted by atomic mass is 10.0. The summed E-state index contributed by atoms with van der Waals surface area (Å²) in [6, 6.07) is 15.1. The highest BCUT2D eigenvalue weighted by atomic mass is 35.5. The number of carbonyl (C=O) groups is 3. The minimum atomic E-state index is -1.82. The number of fused-ring (bicyclic) bond motifs is 3. The van der Waals surface area contributed by atoms with E-state index >= 15 is 8.78 Å². The molecule has 9 aromatic heterocycles. The van der Waals surface area contributed by atoms with Gasteiger partial charge in [0.1, 0.15) is 61.9 Å². The van der Waals surface area contributed by atoms with Gasteiger partial charge in [0.25, 0.3) is 16.7 Å². The van der Waals surface area contributed by atoms with E-state index in [0.717, 1.165) is 9.13 Å². The standard InChI is InChI=1S/C31H25Cl3F2N6O3.2C31H25Cl2F3N6O3/c1-5-19(43)40-8-10-41(11-9-40)28-16-12-18(32)26(20-21(33)22(34)23(35)24(36)29(20)44)39-30(16)42(31(45)17(28)13-37)27-15(4)6-7-38-25(27)14(2)3;2*1-5-19(43)40-8-10-41(11-9-40)28-16-12-18(32)26(20-22(34)21(33)23(35)24(36)29(20)44)39-30(16)42(31(45)17(28)13-37)27-15(4)6-7-38-25(27)14(2)3/h3*5-7,12,14,44H,1,8-11H2,2-4H3. The van der Waals surface area contributed by atoms with Gasteiger partial charge in [-0.2, -0.15) is 29.0 Å². The van der Waals surface area contributed by atoms with E-state index < -0.39 is 129 Å². The number of piperazine rings is 3. The number of aryl methyl sites for hydroxylation is 3. The van der Waals surface area contributed by atoms with Crippen molar-refractivity contribution in [2.45, 2.75) is 80.1 Å². The molecule has 3 aromatic carbocycles. The number of carbonyl (C=O) groups excluding carboxylic acids is 3. The van der Waals surface area contributed by atoms with Crippen molar-refractivity contribution in [1.29, 1.82) is 15.8 Å². The number of aromatic nitrogens is 9. The normalized spacial score (nSPS) is 13.4. The Kier molecular flexibility index (Phi) is 29.1. The Balaban J connectivity index is 0.000000171. The number of phenols is 3. The molecule has 3 aliphatic heterocycles. The highest BCUT2D eigenvalue weighted by molar-refractivity contribution is 6.45. The monoisotopic (exact) mass is 1980 g/mol. The molecule has 0 bridgehead atoms. The van der Waals surface area contributed by atoms with E-state index in [9.17, 15) is 86.2 Å². The van der Waals surface area contributed by atoms with Gasteiger partial charge in [0.05, 0.1) is 110 Å². The third-order valence-corrected chi connectivity index (χ3v) is 25.4. The van der Waals surface area contributed by atoms with Gasteiger partial charge in [0.15, 0.2) is 46.3 Å². The maximum Gasteiger partial charge on any atom is 0.276 e. The van der Waals surface area contributed by atoms with Crippen LogP contribution in [-0.2, 0) is 14.4 Å². The van der Waals surface area contributed by atoms with Crippen molar-refractivity contribution in [3.05, 3.63) is 256 Å². The lowest BCUT2D eigenvalue weighted by Gasteiger charge is -2.36. The highest BCUT2D eigenvalue weighted by Gasteiger charge is 2.39. The van der Waals surface area contributed by atoms with E-state index in [1.54, 1.807) is 87.0 Å². The Morgan fingerprint density at radius 1 is 0.378 bits per heavy atom. The number of aromatic hydroxyl groups is 3. The largest absolute Gasteiger partial charge is 0.504 e. The fourth-order valence-corrected chi connectivity index (χ4v) is 18.0. The summed E-state index contributed by atoms with van der Waals surface area (Å²) in [6.45, 7) is 30.0. The van der Waals surface area contributed by atoms with Crippen molar-refractivity contribution < 1.29 is 64.8 Å². The van der Waals surface area contributed by atoms with E-state index in [2.05, 4.69) is 49.6 Å². The molecule has 0 saturated carbocycles. The Hall–Kier alpha value is -13.4. The van der Waals surface area contributed by atoms with E-state index in [1.165, 1.54) is 41.0 Å². The molecule has 12 heterocycles. The molecule has 3 saturated heterocycles. The number of phenolic OH excluding ortho intramolecular Hbond substituents is 3. The topological polar surface area (TPSA) is 346 Å². The minimum absolute atomic E-state index is 0.0210. The maximum atomic E-state index is 15.4. The van der Waals surface area contributed by atoms with Crippen molar-refractivity contribution >= 4 is 149 Å². The SMILES string of the molecule is C=CC(=O)N1CCN(c2c(C#N)c(=O)n(-c3c(C)ccnc3C(C)C)c3nc(-c4c(O)c(F)c(F)c(Cl)c4Cl)c(Cl)cc23)CC1.C=CC(=O)N1CCN(c2c(C#N)c(=O)n(-c3c(C)ccnc3C(C)C)c3nc(-c4c(O)c(F)c(F)c(Cl)c4F)c(Cl)cc23)CC1.C=CC(=O)N1CCN(c2c(C#N)c(=O)n(-c3c(C)ccnc3C(C)C)c3nc(-c4c(O)c(F)c(F)c(Cl)c4F)c(Cl)cc23)CC1. The number of amides is 3. The summed E-state index contributed by atoms with van der Waals surface area (Å²) in [5, 5.41) is 58.7. The second-order valence-electron chi connectivity index (χ2n) is 32.0. The molecule has 0 atom stereocenters. The van der Waals surface area contributed by atoms with Crippen LogP contribution >= 0.6 is 81.2 Å². The second kappa shape index (κ2) is 39.6. The molecule has 27 nitrogen and oxygen atoms in total. The van der Waals surface area contributed by atoms with Crippen LogP contribution in [0.15, 0.2) is 107 Å². The van der Waals surface area contributed by atoms with Crippen molar-refractivity contribution in [1.82, 2.24) is 58.3 Å². The quantitative estimate of drug-likeness (QED) is 0.0371. The average molecular weight is 1990 g/mol. The third-order valence-electron chi connectivity index (χ3n) is 23.0. The van der Waals surface area contributed by atoms with Crippen LogP contribution < -0.4 is 31.4 Å². The van der Waals surface area contributed by atoms with Crippen LogP contribution in [0.3, 0.4) is 0 Å². The number of rotatable bonds is 15. The Labute approximate surface area is 798 Å². The van der Waals surface area contributed by atoms with Gasteiger partial charge in [0, 0.05) is 113 Å². The average Bonchev–Trinajstić information content (AvgIpc) is 0.728. The third kappa shape index (κ3) is 17.6. The molecule has 3 amide bonds. The van der Waals surface area contributed by atoms with Gasteiger partial charge in [-0.1, -0.05) is 142 Å². The lowest BCUT2D eigenvalue weighted by Crippen LogP contribution is -2.49. The summed E-state index contributed by atoms with van der Waals surface area (Å²) in [6.07, 6.45) is 8.34. The number of nitriles is 3. The van der Waals surface area contributed by atoms with Crippen LogP contribution in [0.2, 0.25) is 35.2 Å². The van der Waals surface area contributed by atoms with Gasteiger partial charge in [-0.05, 0) is 110 Å². The van der Waals surface area contributed by atoms with E-state index in [1.807, 2.05) is 59.8 Å². The molecule has 15 rings (SSSR count). The van der Waals surface area contributed by atoms with Crippen LogP contribution in [-0.4, -0.2) is 170 Å². The van der Waals surface area contributed by atoms with Gasteiger partial charge < -0.3 is 44.7 Å². The fraction of sp³-hybridized carbons (Fsp3) is 0.258. The van der Waals surface area contributed by atoms with E-state index in [0.29, 0.717) is 50.8 Å². The molecular formula is C93H75Cl7F8N18O9. The predicted octanol–water partition coefficient (Wildman–Crippen LogP) is 18.6. The van der Waals surface area contributed by atoms with Crippen LogP contribution in [0, 0.1) is 101 Å². The zero-order chi connectivity index (χ0) is 98.7. The summed E-state index contributed by atoms with van der Waals surface area (Å²) in [4.78, 5) is 117. The van der Waals surface area contributed by atoms with Gasteiger partial charge in [-0.25, -0.2) is 36.9 Å². The number of anilines is 3. The summed E-state index contributed by atoms with van der Waals surface area (Å²) in [5.74, 6) is -18.9. The van der Waals surface area contributed by atoms with Gasteiger partial charge in [-0.15, -0.1) is 0 Å². The predicted molar refractivity (Wildman–Crippen MR) is 499 cm³/mol. The number of halogens is 15. The first-order valence-electron chi connectivity index (χ1n) is 41.1. The molecule has 0 aliphatic carbocycles. The van der Waals surface area contributed by atoms with Crippen LogP contribution in [0.25, 0.3) is 83.9 Å². The maximum absolute atomic E-state index is 15.4. The van der Waals surface area contributed by atoms with Crippen molar-refractivity contribution in [2.75, 3.05) is 93.2 Å². The van der Waals surface area contributed by atoms with Gasteiger partial charge in [-0.3, -0.25) is 57.4 Å². The number of benzene rings is 3. The number of hydrogen-bond acceptors (Lipinski definition) is 21. The van der Waals surface area contributed by atoms with Crippen LogP contribution in [0.1, 0.15) is 110 Å². The number of nitrogens with zero attached hydrogens (tertiary/aromatic N) is 18. The van der Waals surface area contributed by atoms with E-state index in [-0.39, 0.29) is 202 Å². The molecule has 0 radical (unpaired) electrons. The summed E-state index contributed by atoms with van der Waals surface area (Å²) >= 11 is 43.6. The lowest BCUT2D eigenvalue weighted by molar-refractivity contribution is -0.127. The Morgan fingerprint density at radius 3 is 0.867 bits per heavy atom. The molecule has 696 valence electrons. The van der Waals surface area contributed by atoms with Gasteiger partial charge in [0.2, 0.25) is 35.2 Å². The first-order valence-corrected chi connectivity index (χ1v) is 43.8. The molecule has 3 N–H and O–H groups in total. The molecule has 0 unspecified atom stereocenters. The van der Waals surface area contributed by atoms with Gasteiger partial charge >= 0.3 is 0 Å². The Bertz CT molecular complexity index is 6650.